The van der Waals surface area contributed by atoms with Crippen LogP contribution in [0.1, 0.15) is 24.0 Å². The Hall–Kier alpha value is -2.40. The molecule has 2 heterocycles. The SMILES string of the molecule is O=C(Nc1ccc(F)cc1)N1CCCC(CN2CCc3ccccc3C2)C1. The average molecular weight is 367 g/mol. The molecule has 0 aliphatic carbocycles. The Morgan fingerprint density at radius 3 is 2.67 bits per heavy atom. The standard InChI is InChI=1S/C22H26FN3O/c23-20-7-9-21(10-8-20)24-22(27)26-12-3-4-17(15-26)14-25-13-11-18-5-1-2-6-19(18)16-25/h1-2,5-10,17H,3-4,11-16H2,(H,24,27). The lowest BCUT2D eigenvalue weighted by molar-refractivity contribution is 0.140. The Bertz CT molecular complexity index is 792. The van der Waals surface area contributed by atoms with Gasteiger partial charge in [-0.3, -0.25) is 4.90 Å². The molecule has 4 nitrogen and oxygen atoms in total. The summed E-state index contributed by atoms with van der Waals surface area (Å²) in [5.74, 6) is 0.206. The number of fused-ring (bicyclic) bond motifs is 1. The molecule has 1 fully saturated rings. The number of likely N-dealkylation sites (tertiary alicyclic amines) is 1. The first-order chi connectivity index (χ1) is 13.2. The van der Waals surface area contributed by atoms with Gasteiger partial charge in [-0.2, -0.15) is 0 Å². The Balaban J connectivity index is 1.31. The molecule has 0 aromatic heterocycles. The van der Waals surface area contributed by atoms with Crippen molar-refractivity contribution in [3.63, 3.8) is 0 Å². The van der Waals surface area contributed by atoms with Crippen LogP contribution >= 0.6 is 0 Å². The number of anilines is 1. The lowest BCUT2D eigenvalue weighted by Gasteiger charge is -2.37. The topological polar surface area (TPSA) is 35.6 Å². The molecule has 27 heavy (non-hydrogen) atoms. The first-order valence-corrected chi connectivity index (χ1v) is 9.78. The number of amides is 2. The molecule has 0 saturated carbocycles. The molecule has 2 aliphatic rings. The molecule has 1 atom stereocenters. The average Bonchev–Trinajstić information content (AvgIpc) is 2.70. The van der Waals surface area contributed by atoms with E-state index in [1.807, 2.05) is 4.90 Å². The van der Waals surface area contributed by atoms with Gasteiger partial charge in [0.2, 0.25) is 0 Å². The molecule has 5 heteroatoms. The molecular weight excluding hydrogens is 341 g/mol. The number of nitrogens with zero attached hydrogens (tertiary/aromatic N) is 2. The van der Waals surface area contributed by atoms with E-state index in [-0.39, 0.29) is 11.8 Å². The summed E-state index contributed by atoms with van der Waals surface area (Å²) < 4.78 is 13.0. The third-order valence-corrected chi connectivity index (χ3v) is 5.63. The van der Waals surface area contributed by atoms with Crippen LogP contribution in [0.4, 0.5) is 14.9 Å². The molecule has 4 rings (SSSR count). The van der Waals surface area contributed by atoms with E-state index in [0.29, 0.717) is 11.6 Å². The van der Waals surface area contributed by atoms with Crippen LogP contribution in [0.2, 0.25) is 0 Å². The number of carbonyl (C=O) groups is 1. The molecule has 0 bridgehead atoms. The second kappa shape index (κ2) is 8.09. The maximum atomic E-state index is 13.0. The van der Waals surface area contributed by atoms with Crippen molar-refractivity contribution in [2.75, 3.05) is 31.5 Å². The van der Waals surface area contributed by atoms with E-state index in [2.05, 4.69) is 34.5 Å². The van der Waals surface area contributed by atoms with E-state index in [9.17, 15) is 9.18 Å². The highest BCUT2D eigenvalue weighted by molar-refractivity contribution is 5.89. The van der Waals surface area contributed by atoms with Crippen molar-refractivity contribution in [1.29, 1.82) is 0 Å². The lowest BCUT2D eigenvalue weighted by Crippen LogP contribution is -2.46. The highest BCUT2D eigenvalue weighted by Gasteiger charge is 2.26. The van der Waals surface area contributed by atoms with E-state index in [1.54, 1.807) is 12.1 Å². The fraction of sp³-hybridized carbons (Fsp3) is 0.409. The zero-order valence-electron chi connectivity index (χ0n) is 15.5. The van der Waals surface area contributed by atoms with Crippen molar-refractivity contribution in [2.24, 2.45) is 5.92 Å². The molecule has 2 aromatic rings. The molecule has 1 saturated heterocycles. The minimum atomic E-state index is -0.297. The van der Waals surface area contributed by atoms with Gasteiger partial charge in [-0.05, 0) is 60.6 Å². The van der Waals surface area contributed by atoms with Crippen LogP contribution in [-0.2, 0) is 13.0 Å². The molecule has 2 aromatic carbocycles. The number of piperidine rings is 1. The van der Waals surface area contributed by atoms with Gasteiger partial charge in [0.25, 0.3) is 0 Å². The normalized spacial score (nSPS) is 20.2. The zero-order valence-corrected chi connectivity index (χ0v) is 15.5. The van der Waals surface area contributed by atoms with E-state index in [1.165, 1.54) is 29.7 Å². The number of halogens is 1. The summed E-state index contributed by atoms with van der Waals surface area (Å²) in [7, 11) is 0. The van der Waals surface area contributed by atoms with Gasteiger partial charge >= 0.3 is 6.03 Å². The van der Waals surface area contributed by atoms with Crippen molar-refractivity contribution in [3.05, 3.63) is 65.5 Å². The molecule has 1 N–H and O–H groups in total. The number of urea groups is 1. The van der Waals surface area contributed by atoms with Crippen LogP contribution in [0.15, 0.2) is 48.5 Å². The van der Waals surface area contributed by atoms with Gasteiger partial charge in [0, 0.05) is 38.4 Å². The van der Waals surface area contributed by atoms with E-state index >= 15 is 0 Å². The van der Waals surface area contributed by atoms with Crippen molar-refractivity contribution in [3.8, 4) is 0 Å². The largest absolute Gasteiger partial charge is 0.324 e. The van der Waals surface area contributed by atoms with E-state index < -0.39 is 0 Å². The van der Waals surface area contributed by atoms with Crippen LogP contribution in [0, 0.1) is 11.7 Å². The van der Waals surface area contributed by atoms with Crippen LogP contribution in [0.5, 0.6) is 0 Å². The fourth-order valence-electron chi connectivity index (χ4n) is 4.21. The number of nitrogens with one attached hydrogen (secondary N) is 1. The molecular formula is C22H26FN3O. The highest BCUT2D eigenvalue weighted by atomic mass is 19.1. The Morgan fingerprint density at radius 2 is 1.85 bits per heavy atom. The predicted molar refractivity (Wildman–Crippen MR) is 105 cm³/mol. The van der Waals surface area contributed by atoms with Gasteiger partial charge in [-0.15, -0.1) is 0 Å². The zero-order chi connectivity index (χ0) is 18.6. The van der Waals surface area contributed by atoms with Gasteiger partial charge < -0.3 is 10.2 Å². The molecule has 2 aliphatic heterocycles. The van der Waals surface area contributed by atoms with Crippen molar-refractivity contribution < 1.29 is 9.18 Å². The number of carbonyl (C=O) groups excluding carboxylic acids is 1. The highest BCUT2D eigenvalue weighted by Crippen LogP contribution is 2.23. The van der Waals surface area contributed by atoms with Gasteiger partial charge in [-0.25, -0.2) is 9.18 Å². The summed E-state index contributed by atoms with van der Waals surface area (Å²) in [5, 5.41) is 2.88. The Morgan fingerprint density at radius 1 is 1.07 bits per heavy atom. The lowest BCUT2D eigenvalue weighted by atomic mass is 9.95. The maximum Gasteiger partial charge on any atom is 0.321 e. The fourth-order valence-corrected chi connectivity index (χ4v) is 4.21. The van der Waals surface area contributed by atoms with Gasteiger partial charge in [-0.1, -0.05) is 24.3 Å². The van der Waals surface area contributed by atoms with Crippen LogP contribution < -0.4 is 5.32 Å². The molecule has 1 unspecified atom stereocenters. The maximum absolute atomic E-state index is 13.0. The minimum Gasteiger partial charge on any atom is -0.324 e. The molecule has 2 amide bonds. The Kier molecular flexibility index (Phi) is 5.39. The van der Waals surface area contributed by atoms with Crippen molar-refractivity contribution >= 4 is 11.7 Å². The first kappa shape index (κ1) is 18.0. The number of hydrogen-bond donors (Lipinski definition) is 1. The number of benzene rings is 2. The minimum absolute atomic E-state index is 0.0877. The van der Waals surface area contributed by atoms with Gasteiger partial charge in [0.1, 0.15) is 5.82 Å². The third kappa shape index (κ3) is 4.48. The second-order valence-corrected chi connectivity index (χ2v) is 7.65. The monoisotopic (exact) mass is 367 g/mol. The Labute approximate surface area is 160 Å². The first-order valence-electron chi connectivity index (χ1n) is 9.78. The van der Waals surface area contributed by atoms with E-state index in [4.69, 9.17) is 0 Å². The molecule has 142 valence electrons. The number of rotatable bonds is 3. The smallest absolute Gasteiger partial charge is 0.321 e. The van der Waals surface area contributed by atoms with Crippen molar-refractivity contribution in [2.45, 2.75) is 25.8 Å². The number of hydrogen-bond acceptors (Lipinski definition) is 2. The summed E-state index contributed by atoms with van der Waals surface area (Å²) in [6.07, 6.45) is 3.31. The van der Waals surface area contributed by atoms with Crippen LogP contribution in [-0.4, -0.2) is 42.0 Å². The van der Waals surface area contributed by atoms with Crippen molar-refractivity contribution in [1.82, 2.24) is 9.80 Å². The predicted octanol–water partition coefficient (Wildman–Crippen LogP) is 4.13. The van der Waals surface area contributed by atoms with Crippen LogP contribution in [0.3, 0.4) is 0 Å². The van der Waals surface area contributed by atoms with E-state index in [0.717, 1.165) is 45.6 Å². The van der Waals surface area contributed by atoms with Gasteiger partial charge in [0.15, 0.2) is 0 Å². The molecule has 0 spiro atoms. The summed E-state index contributed by atoms with van der Waals surface area (Å²) >= 11 is 0. The van der Waals surface area contributed by atoms with Gasteiger partial charge in [0.05, 0.1) is 0 Å². The summed E-state index contributed by atoms with van der Waals surface area (Å²) in [4.78, 5) is 17.0. The summed E-state index contributed by atoms with van der Waals surface area (Å²) in [6, 6.07) is 14.5. The summed E-state index contributed by atoms with van der Waals surface area (Å²) in [6.45, 7) is 4.70. The summed E-state index contributed by atoms with van der Waals surface area (Å²) in [5.41, 5.74) is 3.54. The molecule has 0 radical (unpaired) electrons. The van der Waals surface area contributed by atoms with Crippen LogP contribution in [0.25, 0.3) is 0 Å². The second-order valence-electron chi connectivity index (χ2n) is 7.65. The quantitative estimate of drug-likeness (QED) is 0.885. The third-order valence-electron chi connectivity index (χ3n) is 5.63.